The summed E-state index contributed by atoms with van der Waals surface area (Å²) in [7, 11) is 1.76. The van der Waals surface area contributed by atoms with E-state index in [-0.39, 0.29) is 0 Å². The van der Waals surface area contributed by atoms with Crippen LogP contribution in [-0.2, 0) is 0 Å². The fourth-order valence-electron chi connectivity index (χ4n) is 0.988. The van der Waals surface area contributed by atoms with Crippen molar-refractivity contribution in [3.8, 4) is 0 Å². The minimum Gasteiger partial charge on any atom is -0.288 e. The first-order chi connectivity index (χ1) is 5.66. The maximum absolute atomic E-state index is 4.17. The molecule has 0 N–H and O–H groups in total. The molecule has 0 radical (unpaired) electrons. The lowest BCUT2D eigenvalue weighted by atomic mass is 10.3. The maximum Gasteiger partial charge on any atom is 0.140 e. The van der Waals surface area contributed by atoms with Crippen molar-refractivity contribution in [3.05, 3.63) is 24.8 Å². The average Bonchev–Trinajstić information content (AvgIpc) is 2.50. The number of hydrogen-bond donors (Lipinski definition) is 0. The van der Waals surface area contributed by atoms with Gasteiger partial charge in [-0.25, -0.2) is 4.98 Å². The van der Waals surface area contributed by atoms with Crippen LogP contribution in [0.5, 0.6) is 0 Å². The van der Waals surface area contributed by atoms with Crippen LogP contribution in [0.2, 0.25) is 0 Å². The lowest BCUT2D eigenvalue weighted by Crippen LogP contribution is -2.09. The summed E-state index contributed by atoms with van der Waals surface area (Å²) in [6, 6.07) is 0. The highest BCUT2D eigenvalue weighted by Gasteiger charge is 2.03. The molecule has 0 aromatic carbocycles. The Balaban J connectivity index is 3.16. The molecule has 0 saturated carbocycles. The lowest BCUT2D eigenvalue weighted by molar-refractivity contribution is 1.06. The molecule has 12 heavy (non-hydrogen) atoms. The second-order valence-corrected chi connectivity index (χ2v) is 2.67. The van der Waals surface area contributed by atoms with Gasteiger partial charge in [0.2, 0.25) is 0 Å². The summed E-state index contributed by atoms with van der Waals surface area (Å²) in [5, 5.41) is 0. The Kier molecular flexibility index (Phi) is 2.43. The second kappa shape index (κ2) is 3.34. The van der Waals surface area contributed by atoms with Crippen LogP contribution in [0, 0.1) is 0 Å². The van der Waals surface area contributed by atoms with Gasteiger partial charge in [0.25, 0.3) is 0 Å². The third-order valence-corrected chi connectivity index (χ3v) is 1.69. The van der Waals surface area contributed by atoms with E-state index < -0.39 is 0 Å². The van der Waals surface area contributed by atoms with Gasteiger partial charge in [-0.1, -0.05) is 6.58 Å². The summed E-state index contributed by atoms with van der Waals surface area (Å²) in [6.07, 6.45) is 3.63. The highest BCUT2D eigenvalue weighted by atomic mass is 15.1. The first kappa shape index (κ1) is 8.71. The molecule has 0 fully saturated rings. The van der Waals surface area contributed by atoms with Crippen molar-refractivity contribution in [2.45, 2.75) is 13.8 Å². The summed E-state index contributed by atoms with van der Waals surface area (Å²) < 4.78 is 1.92. The molecule has 1 heterocycles. The van der Waals surface area contributed by atoms with Gasteiger partial charge in [0, 0.05) is 19.4 Å². The predicted molar refractivity (Wildman–Crippen MR) is 51.4 cm³/mol. The van der Waals surface area contributed by atoms with Crippen molar-refractivity contribution >= 4 is 11.4 Å². The minimum absolute atomic E-state index is 0.873. The van der Waals surface area contributed by atoms with E-state index in [0.29, 0.717) is 0 Å². The molecule has 0 aliphatic rings. The average molecular weight is 163 g/mol. The molecule has 1 aromatic rings. The van der Waals surface area contributed by atoms with Crippen LogP contribution >= 0.6 is 0 Å². The zero-order chi connectivity index (χ0) is 9.14. The van der Waals surface area contributed by atoms with Gasteiger partial charge in [-0.3, -0.25) is 9.56 Å². The lowest BCUT2D eigenvalue weighted by Gasteiger charge is -2.04. The predicted octanol–water partition coefficient (Wildman–Crippen LogP) is 1.81. The molecular weight excluding hydrogens is 150 g/mol. The normalized spacial score (nSPS) is 11.8. The van der Waals surface area contributed by atoms with Crippen molar-refractivity contribution in [1.82, 2.24) is 9.55 Å². The molecular formula is C9H13N3. The molecule has 0 aliphatic heterocycles. The van der Waals surface area contributed by atoms with E-state index in [1.54, 1.807) is 13.2 Å². The van der Waals surface area contributed by atoms with Crippen molar-refractivity contribution in [2.75, 3.05) is 7.05 Å². The van der Waals surface area contributed by atoms with Gasteiger partial charge in [-0.2, -0.15) is 0 Å². The maximum atomic E-state index is 4.17. The van der Waals surface area contributed by atoms with Crippen molar-refractivity contribution in [1.29, 1.82) is 0 Å². The first-order valence-corrected chi connectivity index (χ1v) is 3.79. The summed E-state index contributed by atoms with van der Waals surface area (Å²) in [5.74, 6) is 1.80. The van der Waals surface area contributed by atoms with Crippen LogP contribution in [0.25, 0.3) is 5.57 Å². The number of rotatable bonds is 1. The molecule has 3 nitrogen and oxygen atoms in total. The molecule has 1 rings (SSSR count). The zero-order valence-corrected chi connectivity index (χ0v) is 7.70. The van der Waals surface area contributed by atoms with Gasteiger partial charge < -0.3 is 0 Å². The van der Waals surface area contributed by atoms with Gasteiger partial charge in [0.1, 0.15) is 11.7 Å². The van der Waals surface area contributed by atoms with Crippen LogP contribution in [0.3, 0.4) is 0 Å². The SMILES string of the molecule is C=C(C)c1nccn1C(C)=NC. The highest BCUT2D eigenvalue weighted by Crippen LogP contribution is 2.08. The Morgan fingerprint density at radius 3 is 2.75 bits per heavy atom. The smallest absolute Gasteiger partial charge is 0.140 e. The Bertz CT molecular complexity index is 320. The third kappa shape index (κ3) is 1.44. The van der Waals surface area contributed by atoms with E-state index in [4.69, 9.17) is 0 Å². The fourth-order valence-corrected chi connectivity index (χ4v) is 0.988. The fraction of sp³-hybridized carbons (Fsp3) is 0.333. The van der Waals surface area contributed by atoms with Gasteiger partial charge in [0.15, 0.2) is 0 Å². The molecule has 64 valence electrons. The molecule has 0 saturated heterocycles. The number of aromatic nitrogens is 2. The molecule has 1 aromatic heterocycles. The Morgan fingerprint density at radius 1 is 1.58 bits per heavy atom. The largest absolute Gasteiger partial charge is 0.288 e. The van der Waals surface area contributed by atoms with Crippen LogP contribution in [0.15, 0.2) is 24.0 Å². The molecule has 0 amide bonds. The summed E-state index contributed by atoms with van der Waals surface area (Å²) in [4.78, 5) is 8.24. The number of hydrogen-bond acceptors (Lipinski definition) is 2. The Hall–Kier alpha value is -1.38. The summed E-state index contributed by atoms with van der Waals surface area (Å²) in [6.45, 7) is 7.71. The van der Waals surface area contributed by atoms with E-state index in [1.807, 2.05) is 24.6 Å². The number of imidazole rings is 1. The minimum atomic E-state index is 0.873. The standard InChI is InChI=1S/C9H13N3/c1-7(2)9-11-5-6-12(9)8(3)10-4/h5-6H,1H2,2-4H3. The van der Waals surface area contributed by atoms with Gasteiger partial charge in [-0.15, -0.1) is 0 Å². The zero-order valence-electron chi connectivity index (χ0n) is 7.70. The molecule has 0 spiro atoms. The second-order valence-electron chi connectivity index (χ2n) is 2.67. The highest BCUT2D eigenvalue weighted by molar-refractivity contribution is 5.84. The van der Waals surface area contributed by atoms with Gasteiger partial charge in [0.05, 0.1) is 0 Å². The number of aliphatic imine (C=N–C) groups is 1. The van der Waals surface area contributed by atoms with E-state index in [2.05, 4.69) is 16.6 Å². The number of allylic oxidation sites excluding steroid dienone is 1. The van der Waals surface area contributed by atoms with Gasteiger partial charge >= 0.3 is 0 Å². The summed E-state index contributed by atoms with van der Waals surface area (Å²) >= 11 is 0. The van der Waals surface area contributed by atoms with Crippen LogP contribution in [0.1, 0.15) is 19.7 Å². The third-order valence-electron chi connectivity index (χ3n) is 1.69. The topological polar surface area (TPSA) is 30.2 Å². The van der Waals surface area contributed by atoms with E-state index in [0.717, 1.165) is 17.2 Å². The van der Waals surface area contributed by atoms with Crippen molar-refractivity contribution in [2.24, 2.45) is 4.99 Å². The molecule has 0 atom stereocenters. The molecule has 0 unspecified atom stereocenters. The van der Waals surface area contributed by atoms with Crippen molar-refractivity contribution in [3.63, 3.8) is 0 Å². The van der Waals surface area contributed by atoms with Crippen LogP contribution in [0.4, 0.5) is 0 Å². The quantitative estimate of drug-likeness (QED) is 0.458. The summed E-state index contributed by atoms with van der Waals surface area (Å²) in [5.41, 5.74) is 0.947. The van der Waals surface area contributed by atoms with Crippen LogP contribution < -0.4 is 0 Å². The Morgan fingerprint density at radius 2 is 2.25 bits per heavy atom. The molecule has 0 aliphatic carbocycles. The van der Waals surface area contributed by atoms with Crippen LogP contribution in [-0.4, -0.2) is 22.4 Å². The van der Waals surface area contributed by atoms with Crippen molar-refractivity contribution < 1.29 is 0 Å². The van der Waals surface area contributed by atoms with E-state index in [9.17, 15) is 0 Å². The van der Waals surface area contributed by atoms with Gasteiger partial charge in [-0.05, 0) is 19.4 Å². The van der Waals surface area contributed by atoms with E-state index >= 15 is 0 Å². The number of nitrogens with zero attached hydrogens (tertiary/aromatic N) is 3. The monoisotopic (exact) mass is 163 g/mol. The first-order valence-electron chi connectivity index (χ1n) is 3.79. The molecule has 3 heteroatoms. The molecule has 0 bridgehead atoms. The van der Waals surface area contributed by atoms with E-state index in [1.165, 1.54) is 0 Å². The Labute approximate surface area is 72.5 Å².